The fourth-order valence-electron chi connectivity index (χ4n) is 2.70. The zero-order chi connectivity index (χ0) is 19.2. The summed E-state index contributed by atoms with van der Waals surface area (Å²) in [5.74, 6) is 0.909. The van der Waals surface area contributed by atoms with Gasteiger partial charge >= 0.3 is 7.60 Å². The predicted molar refractivity (Wildman–Crippen MR) is 111 cm³/mol. The minimum absolute atomic E-state index is 0.250. The fraction of sp³-hybridized carbons (Fsp3) is 0. The van der Waals surface area contributed by atoms with Crippen LogP contribution in [0.25, 0.3) is 11.1 Å². The smallest absolute Gasteiger partial charge is 0.412 e. The van der Waals surface area contributed by atoms with Crippen molar-refractivity contribution in [2.75, 3.05) is 0 Å². The molecule has 138 valence electrons. The third kappa shape index (κ3) is 4.13. The molecule has 0 bridgehead atoms. The average molecular weight is 387 g/mol. The highest BCUT2D eigenvalue weighted by molar-refractivity contribution is 7.62. The molecule has 0 aliphatic rings. The third-order valence-corrected chi connectivity index (χ3v) is 5.80. The number of para-hydroxylation sites is 2. The van der Waals surface area contributed by atoms with Gasteiger partial charge < -0.3 is 9.05 Å². The Labute approximate surface area is 164 Å². The van der Waals surface area contributed by atoms with Crippen molar-refractivity contribution in [3.63, 3.8) is 0 Å². The summed E-state index contributed by atoms with van der Waals surface area (Å²) in [6, 6.07) is 31.4. The molecule has 0 aliphatic heterocycles. The van der Waals surface area contributed by atoms with Crippen LogP contribution in [-0.4, -0.2) is 4.98 Å². The van der Waals surface area contributed by atoms with Crippen molar-refractivity contribution < 1.29 is 13.6 Å². The lowest BCUT2D eigenvalue weighted by molar-refractivity contribution is 0.398. The Balaban J connectivity index is 1.69. The number of benzene rings is 3. The van der Waals surface area contributed by atoms with E-state index in [9.17, 15) is 4.57 Å². The molecule has 0 radical (unpaired) electrons. The summed E-state index contributed by atoms with van der Waals surface area (Å²) < 4.78 is 25.3. The van der Waals surface area contributed by atoms with Crippen LogP contribution in [0.1, 0.15) is 0 Å². The second kappa shape index (κ2) is 8.12. The van der Waals surface area contributed by atoms with Gasteiger partial charge in [0, 0.05) is 11.8 Å². The van der Waals surface area contributed by atoms with Gasteiger partial charge in [0.15, 0.2) is 5.44 Å². The normalized spacial score (nSPS) is 11.0. The van der Waals surface area contributed by atoms with E-state index in [-0.39, 0.29) is 5.44 Å². The maximum Gasteiger partial charge on any atom is 0.481 e. The minimum Gasteiger partial charge on any atom is -0.412 e. The van der Waals surface area contributed by atoms with E-state index in [4.69, 9.17) is 9.05 Å². The Hall–Kier alpha value is -3.36. The standard InChI is InChI=1S/C23H18NO3P/c25-28(26-21-12-6-2-7-13-21,27-22-14-8-3-9-15-22)23-17-16-20(18-24-23)19-10-4-1-5-11-19/h1-18H. The lowest BCUT2D eigenvalue weighted by atomic mass is 10.1. The molecule has 28 heavy (non-hydrogen) atoms. The van der Waals surface area contributed by atoms with Crippen molar-refractivity contribution in [3.05, 3.63) is 109 Å². The Kier molecular flexibility index (Phi) is 5.22. The number of hydrogen-bond donors (Lipinski definition) is 0. The van der Waals surface area contributed by atoms with E-state index in [0.717, 1.165) is 11.1 Å². The molecule has 1 aromatic heterocycles. The Morgan fingerprint density at radius 3 is 1.54 bits per heavy atom. The summed E-state index contributed by atoms with van der Waals surface area (Å²) in [4.78, 5) is 4.41. The molecule has 0 atom stereocenters. The van der Waals surface area contributed by atoms with Crippen LogP contribution in [0.5, 0.6) is 11.5 Å². The van der Waals surface area contributed by atoms with Crippen molar-refractivity contribution in [1.82, 2.24) is 4.98 Å². The molecule has 0 saturated carbocycles. The monoisotopic (exact) mass is 387 g/mol. The van der Waals surface area contributed by atoms with Crippen LogP contribution in [0.2, 0.25) is 0 Å². The molecule has 0 N–H and O–H groups in total. The third-order valence-electron chi connectivity index (χ3n) is 4.07. The van der Waals surface area contributed by atoms with Crippen LogP contribution in [0.15, 0.2) is 109 Å². The molecule has 4 nitrogen and oxygen atoms in total. The largest absolute Gasteiger partial charge is 0.481 e. The molecule has 3 aromatic carbocycles. The average Bonchev–Trinajstić information content (AvgIpc) is 2.76. The number of pyridine rings is 1. The number of aromatic nitrogens is 1. The van der Waals surface area contributed by atoms with Gasteiger partial charge in [-0.3, -0.25) is 0 Å². The molecule has 0 fully saturated rings. The van der Waals surface area contributed by atoms with E-state index in [1.165, 1.54) is 0 Å². The van der Waals surface area contributed by atoms with E-state index in [0.29, 0.717) is 11.5 Å². The zero-order valence-electron chi connectivity index (χ0n) is 15.0. The first-order chi connectivity index (χ1) is 13.7. The number of hydrogen-bond acceptors (Lipinski definition) is 4. The van der Waals surface area contributed by atoms with Crippen LogP contribution >= 0.6 is 7.60 Å². The highest BCUT2D eigenvalue weighted by Crippen LogP contribution is 2.47. The fourth-order valence-corrected chi connectivity index (χ4v) is 4.18. The SMILES string of the molecule is O=P(Oc1ccccc1)(Oc1ccccc1)c1ccc(-c2ccccc2)cn1. The number of rotatable bonds is 6. The first-order valence-electron chi connectivity index (χ1n) is 8.84. The highest BCUT2D eigenvalue weighted by Gasteiger charge is 2.33. The minimum atomic E-state index is -3.74. The van der Waals surface area contributed by atoms with E-state index in [1.807, 2.05) is 72.8 Å². The molecular weight excluding hydrogens is 369 g/mol. The van der Waals surface area contributed by atoms with Gasteiger partial charge in [0.25, 0.3) is 0 Å². The molecule has 0 spiro atoms. The topological polar surface area (TPSA) is 48.4 Å². The van der Waals surface area contributed by atoms with Gasteiger partial charge in [0.05, 0.1) is 0 Å². The van der Waals surface area contributed by atoms with Crippen LogP contribution in [0.4, 0.5) is 0 Å². The highest BCUT2D eigenvalue weighted by atomic mass is 31.2. The molecule has 0 unspecified atom stereocenters. The van der Waals surface area contributed by atoms with Gasteiger partial charge in [-0.1, -0.05) is 72.8 Å². The van der Waals surface area contributed by atoms with Crippen molar-refractivity contribution in [2.24, 2.45) is 0 Å². The van der Waals surface area contributed by atoms with Gasteiger partial charge in [-0.2, -0.15) is 0 Å². The summed E-state index contributed by atoms with van der Waals surface area (Å²) in [5, 5.41) is 0. The van der Waals surface area contributed by atoms with Gasteiger partial charge in [-0.15, -0.1) is 0 Å². The van der Waals surface area contributed by atoms with Gasteiger partial charge in [-0.25, -0.2) is 9.55 Å². The van der Waals surface area contributed by atoms with Gasteiger partial charge in [-0.05, 0) is 35.9 Å². The van der Waals surface area contributed by atoms with Crippen molar-refractivity contribution in [3.8, 4) is 22.6 Å². The number of nitrogens with zero attached hydrogens (tertiary/aromatic N) is 1. The molecule has 4 rings (SSSR count). The Morgan fingerprint density at radius 2 is 1.07 bits per heavy atom. The molecule has 4 aromatic rings. The van der Waals surface area contributed by atoms with Gasteiger partial charge in [0.1, 0.15) is 11.5 Å². The van der Waals surface area contributed by atoms with Gasteiger partial charge in [0.2, 0.25) is 0 Å². The molecule has 0 saturated heterocycles. The first-order valence-corrected chi connectivity index (χ1v) is 10.4. The summed E-state index contributed by atoms with van der Waals surface area (Å²) in [7, 11) is -3.74. The molecule has 1 heterocycles. The lowest BCUT2D eigenvalue weighted by Crippen LogP contribution is -2.17. The van der Waals surface area contributed by atoms with E-state index >= 15 is 0 Å². The Morgan fingerprint density at radius 1 is 0.571 bits per heavy atom. The quantitative estimate of drug-likeness (QED) is 0.397. The zero-order valence-corrected chi connectivity index (χ0v) is 15.9. The second-order valence-corrected chi connectivity index (χ2v) is 7.90. The predicted octanol–water partition coefficient (Wildman–Crippen LogP) is 5.73. The van der Waals surface area contributed by atoms with Crippen molar-refractivity contribution in [2.45, 2.75) is 0 Å². The van der Waals surface area contributed by atoms with Crippen LogP contribution in [0, 0.1) is 0 Å². The van der Waals surface area contributed by atoms with E-state index in [2.05, 4.69) is 4.98 Å². The second-order valence-electron chi connectivity index (χ2n) is 6.08. The summed E-state index contributed by atoms with van der Waals surface area (Å²) in [6.45, 7) is 0. The maximum atomic E-state index is 13.7. The van der Waals surface area contributed by atoms with Crippen LogP contribution in [-0.2, 0) is 4.57 Å². The first kappa shape index (κ1) is 18.0. The summed E-state index contributed by atoms with van der Waals surface area (Å²) >= 11 is 0. The molecule has 5 heteroatoms. The summed E-state index contributed by atoms with van der Waals surface area (Å²) in [5.41, 5.74) is 2.21. The van der Waals surface area contributed by atoms with Crippen molar-refractivity contribution in [1.29, 1.82) is 0 Å². The molecular formula is C23H18NO3P. The van der Waals surface area contributed by atoms with E-state index in [1.54, 1.807) is 36.5 Å². The van der Waals surface area contributed by atoms with Crippen LogP contribution < -0.4 is 14.5 Å². The van der Waals surface area contributed by atoms with Crippen LogP contribution in [0.3, 0.4) is 0 Å². The van der Waals surface area contributed by atoms with Crippen molar-refractivity contribution >= 4 is 13.0 Å². The molecule has 0 aliphatic carbocycles. The lowest BCUT2D eigenvalue weighted by Gasteiger charge is -2.19. The maximum absolute atomic E-state index is 13.7. The molecule has 0 amide bonds. The van der Waals surface area contributed by atoms with E-state index < -0.39 is 7.60 Å². The Bertz CT molecular complexity index is 1020. The summed E-state index contributed by atoms with van der Waals surface area (Å²) in [6.07, 6.45) is 1.68.